The average Bonchev–Trinajstić information content (AvgIpc) is 3.00. The van der Waals surface area contributed by atoms with E-state index in [4.69, 9.17) is 0 Å². The summed E-state index contributed by atoms with van der Waals surface area (Å²) in [4.78, 5) is 15.3. The molecule has 21 heavy (non-hydrogen) atoms. The fourth-order valence-corrected chi connectivity index (χ4v) is 3.02. The molecule has 2 heterocycles. The Bertz CT molecular complexity index is 591. The van der Waals surface area contributed by atoms with Crippen molar-refractivity contribution in [3.8, 4) is 0 Å². The maximum Gasteiger partial charge on any atom is 0.320 e. The molecule has 2 N–H and O–H groups in total. The van der Waals surface area contributed by atoms with Crippen molar-refractivity contribution in [2.45, 2.75) is 13.0 Å². The lowest BCUT2D eigenvalue weighted by atomic mass is 10.2. The molecule has 0 aromatic carbocycles. The molecular formula is C14H21N5OS. The highest BCUT2D eigenvalue weighted by molar-refractivity contribution is 7.10. The molecule has 0 bridgehead atoms. The molecule has 2 rings (SSSR count). The lowest BCUT2D eigenvalue weighted by molar-refractivity contribution is 0.243. The zero-order valence-electron chi connectivity index (χ0n) is 12.8. The fourth-order valence-electron chi connectivity index (χ4n) is 2.10. The van der Waals surface area contributed by atoms with E-state index in [1.54, 1.807) is 23.1 Å². The number of urea groups is 1. The van der Waals surface area contributed by atoms with Gasteiger partial charge in [0.15, 0.2) is 0 Å². The summed E-state index contributed by atoms with van der Waals surface area (Å²) in [6.45, 7) is 2.44. The zero-order chi connectivity index (χ0) is 15.4. The van der Waals surface area contributed by atoms with Gasteiger partial charge in [0, 0.05) is 24.5 Å². The number of hydrogen-bond acceptors (Lipinski definition) is 4. The number of amides is 2. The molecule has 0 aliphatic heterocycles. The standard InChI is InChI=1S/C14H21N5OS/c1-10-8-13(19(4)17-10)16-14(20)15-9-11(18(2)3)12-6-5-7-21-12/h5-8,11H,9H2,1-4H3,(H2,15,16,20)/t11-/m0/s1. The maximum absolute atomic E-state index is 12.0. The molecule has 0 saturated heterocycles. The van der Waals surface area contributed by atoms with Gasteiger partial charge in [-0.15, -0.1) is 11.3 Å². The number of rotatable bonds is 5. The molecule has 0 fully saturated rings. The molecule has 2 aromatic heterocycles. The van der Waals surface area contributed by atoms with Gasteiger partial charge in [-0.05, 0) is 32.5 Å². The number of nitrogens with one attached hydrogen (secondary N) is 2. The molecule has 0 unspecified atom stereocenters. The molecule has 6 nitrogen and oxygen atoms in total. The van der Waals surface area contributed by atoms with Gasteiger partial charge in [0.05, 0.1) is 11.7 Å². The number of carbonyl (C=O) groups is 1. The molecule has 2 amide bonds. The SMILES string of the molecule is Cc1cc(NC(=O)NC[C@@H](c2cccs2)N(C)C)n(C)n1. The van der Waals surface area contributed by atoms with Gasteiger partial charge in [-0.3, -0.25) is 10.00 Å². The summed E-state index contributed by atoms with van der Waals surface area (Å²) in [5.74, 6) is 0.683. The minimum atomic E-state index is -0.221. The number of carbonyl (C=O) groups excluding carboxylic acids is 1. The van der Waals surface area contributed by atoms with Crippen molar-refractivity contribution in [2.75, 3.05) is 26.0 Å². The largest absolute Gasteiger partial charge is 0.336 e. The van der Waals surface area contributed by atoms with Crippen molar-refractivity contribution in [2.24, 2.45) is 7.05 Å². The molecule has 2 aromatic rings. The summed E-state index contributed by atoms with van der Waals surface area (Å²) in [7, 11) is 5.82. The average molecular weight is 307 g/mol. The van der Waals surface area contributed by atoms with E-state index in [-0.39, 0.29) is 12.1 Å². The second-order valence-corrected chi connectivity index (χ2v) is 6.10. The molecule has 7 heteroatoms. The van der Waals surface area contributed by atoms with E-state index in [0.29, 0.717) is 12.4 Å². The summed E-state index contributed by atoms with van der Waals surface area (Å²) >= 11 is 1.69. The van der Waals surface area contributed by atoms with Crippen LogP contribution in [-0.4, -0.2) is 41.4 Å². The maximum atomic E-state index is 12.0. The Morgan fingerprint density at radius 2 is 2.29 bits per heavy atom. The fraction of sp³-hybridized carbons (Fsp3) is 0.429. The van der Waals surface area contributed by atoms with Gasteiger partial charge in [0.2, 0.25) is 0 Å². The van der Waals surface area contributed by atoms with Crippen molar-refractivity contribution in [1.82, 2.24) is 20.0 Å². The number of anilines is 1. The number of aromatic nitrogens is 2. The molecular weight excluding hydrogens is 286 g/mol. The van der Waals surface area contributed by atoms with E-state index in [9.17, 15) is 4.79 Å². The van der Waals surface area contributed by atoms with Crippen molar-refractivity contribution in [3.63, 3.8) is 0 Å². The minimum Gasteiger partial charge on any atom is -0.336 e. The quantitative estimate of drug-likeness (QED) is 0.890. The number of hydrogen-bond donors (Lipinski definition) is 2. The molecule has 0 saturated carbocycles. The van der Waals surface area contributed by atoms with Gasteiger partial charge in [0.1, 0.15) is 5.82 Å². The third kappa shape index (κ3) is 4.05. The predicted molar refractivity (Wildman–Crippen MR) is 85.7 cm³/mol. The highest BCUT2D eigenvalue weighted by Crippen LogP contribution is 2.22. The molecule has 114 valence electrons. The first-order chi connectivity index (χ1) is 9.97. The second kappa shape index (κ2) is 6.73. The predicted octanol–water partition coefficient (Wildman–Crippen LogP) is 2.21. The topological polar surface area (TPSA) is 62.2 Å². The summed E-state index contributed by atoms with van der Waals surface area (Å²) in [6, 6.07) is 5.89. The van der Waals surface area contributed by atoms with Crippen LogP contribution >= 0.6 is 11.3 Å². The van der Waals surface area contributed by atoms with Crippen LogP contribution in [0.25, 0.3) is 0 Å². The lowest BCUT2D eigenvalue weighted by Gasteiger charge is -2.23. The molecule has 0 spiro atoms. The Labute approximate surface area is 128 Å². The van der Waals surface area contributed by atoms with Crippen LogP contribution in [0.4, 0.5) is 10.6 Å². The molecule has 0 aliphatic rings. The number of likely N-dealkylation sites (N-methyl/N-ethyl adjacent to an activating group) is 1. The van der Waals surface area contributed by atoms with Gasteiger partial charge < -0.3 is 10.2 Å². The number of aryl methyl sites for hydroxylation is 2. The van der Waals surface area contributed by atoms with Crippen molar-refractivity contribution < 1.29 is 4.79 Å². The Morgan fingerprint density at radius 3 is 2.81 bits per heavy atom. The van der Waals surface area contributed by atoms with Gasteiger partial charge >= 0.3 is 6.03 Å². The first-order valence-electron chi connectivity index (χ1n) is 6.72. The van der Waals surface area contributed by atoms with Crippen LogP contribution in [0.5, 0.6) is 0 Å². The van der Waals surface area contributed by atoms with Crippen molar-refractivity contribution >= 4 is 23.2 Å². The summed E-state index contributed by atoms with van der Waals surface area (Å²) in [6.07, 6.45) is 0. The summed E-state index contributed by atoms with van der Waals surface area (Å²) in [5.41, 5.74) is 0.873. The van der Waals surface area contributed by atoms with Crippen molar-refractivity contribution in [3.05, 3.63) is 34.2 Å². The summed E-state index contributed by atoms with van der Waals surface area (Å²) < 4.78 is 1.65. The molecule has 1 atom stereocenters. The van der Waals surface area contributed by atoms with E-state index in [1.165, 1.54) is 4.88 Å². The highest BCUT2D eigenvalue weighted by Gasteiger charge is 2.16. The Kier molecular flexibility index (Phi) is 4.98. The third-order valence-corrected chi connectivity index (χ3v) is 4.17. The lowest BCUT2D eigenvalue weighted by Crippen LogP contribution is -2.36. The third-order valence-electron chi connectivity index (χ3n) is 3.19. The van der Waals surface area contributed by atoms with Crippen LogP contribution in [0.15, 0.2) is 23.6 Å². The zero-order valence-corrected chi connectivity index (χ0v) is 13.6. The van der Waals surface area contributed by atoms with E-state index in [1.807, 2.05) is 38.5 Å². The number of thiophene rings is 1. The number of nitrogens with zero attached hydrogens (tertiary/aromatic N) is 3. The molecule has 0 radical (unpaired) electrons. The Balaban J connectivity index is 1.92. The first-order valence-corrected chi connectivity index (χ1v) is 7.60. The van der Waals surface area contributed by atoms with Crippen LogP contribution in [0.2, 0.25) is 0 Å². The highest BCUT2D eigenvalue weighted by atomic mass is 32.1. The van der Waals surface area contributed by atoms with E-state index in [2.05, 4.69) is 26.7 Å². The van der Waals surface area contributed by atoms with E-state index in [0.717, 1.165) is 5.69 Å². The monoisotopic (exact) mass is 307 g/mol. The van der Waals surface area contributed by atoms with Crippen LogP contribution in [-0.2, 0) is 7.05 Å². The van der Waals surface area contributed by atoms with Crippen LogP contribution in [0.3, 0.4) is 0 Å². The van der Waals surface area contributed by atoms with Crippen LogP contribution < -0.4 is 10.6 Å². The Hall–Kier alpha value is -1.86. The Morgan fingerprint density at radius 1 is 1.52 bits per heavy atom. The first kappa shape index (κ1) is 15.5. The van der Waals surface area contributed by atoms with E-state index < -0.39 is 0 Å². The smallest absolute Gasteiger partial charge is 0.320 e. The molecule has 0 aliphatic carbocycles. The van der Waals surface area contributed by atoms with Gasteiger partial charge in [-0.1, -0.05) is 6.07 Å². The summed E-state index contributed by atoms with van der Waals surface area (Å²) in [5, 5.41) is 12.0. The van der Waals surface area contributed by atoms with Gasteiger partial charge in [-0.2, -0.15) is 5.10 Å². The normalized spacial score (nSPS) is 12.4. The van der Waals surface area contributed by atoms with Crippen molar-refractivity contribution in [1.29, 1.82) is 0 Å². The van der Waals surface area contributed by atoms with Crippen LogP contribution in [0.1, 0.15) is 16.6 Å². The van der Waals surface area contributed by atoms with Gasteiger partial charge in [-0.25, -0.2) is 4.79 Å². The second-order valence-electron chi connectivity index (χ2n) is 5.12. The van der Waals surface area contributed by atoms with Gasteiger partial charge in [0.25, 0.3) is 0 Å². The van der Waals surface area contributed by atoms with E-state index >= 15 is 0 Å². The van der Waals surface area contributed by atoms with Crippen LogP contribution in [0, 0.1) is 6.92 Å². The minimum absolute atomic E-state index is 0.170.